The molecule has 0 saturated heterocycles. The molecule has 0 fully saturated rings. The number of benzene rings is 2. The van der Waals surface area contributed by atoms with Crippen LogP contribution in [0.5, 0.6) is 11.5 Å². The summed E-state index contributed by atoms with van der Waals surface area (Å²) in [5.74, 6) is 1.41. The van der Waals surface area contributed by atoms with Crippen molar-refractivity contribution in [3.8, 4) is 11.5 Å². The third-order valence-electron chi connectivity index (χ3n) is 3.98. The zero-order valence-corrected chi connectivity index (χ0v) is 15.4. The van der Waals surface area contributed by atoms with Gasteiger partial charge in [0.2, 0.25) is 0 Å². The Hall–Kier alpha value is -2.60. The summed E-state index contributed by atoms with van der Waals surface area (Å²) in [6, 6.07) is 16.3. The maximum absolute atomic E-state index is 5.47. The average Bonchev–Trinajstić information content (AvgIpc) is 3.15. The van der Waals surface area contributed by atoms with Crippen molar-refractivity contribution >= 4 is 22.2 Å². The predicted octanol–water partition coefficient (Wildman–Crippen LogP) is 4.46. The van der Waals surface area contributed by atoms with Gasteiger partial charge in [0.05, 0.1) is 19.9 Å². The van der Waals surface area contributed by atoms with Crippen molar-refractivity contribution in [2.45, 2.75) is 19.9 Å². The van der Waals surface area contributed by atoms with E-state index in [0.717, 1.165) is 29.3 Å². The molecule has 0 bridgehead atoms. The summed E-state index contributed by atoms with van der Waals surface area (Å²) in [4.78, 5) is 2.22. The highest BCUT2D eigenvalue weighted by molar-refractivity contribution is 7.10. The Bertz CT molecular complexity index is 821. The summed E-state index contributed by atoms with van der Waals surface area (Å²) < 4.78 is 15.0. The molecule has 0 unspecified atom stereocenters. The molecule has 5 nitrogen and oxygen atoms in total. The number of hydrogen-bond donors (Lipinski definition) is 0. The fourth-order valence-electron chi connectivity index (χ4n) is 2.67. The molecule has 0 radical (unpaired) electrons. The first-order valence-electron chi connectivity index (χ1n) is 8.11. The second-order valence-corrected chi connectivity index (χ2v) is 6.22. The van der Waals surface area contributed by atoms with E-state index in [1.807, 2.05) is 36.4 Å². The second-order valence-electron chi connectivity index (χ2n) is 5.49. The maximum Gasteiger partial charge on any atom is 0.162 e. The Kier molecular flexibility index (Phi) is 5.50. The Labute approximate surface area is 152 Å². The van der Waals surface area contributed by atoms with Crippen LogP contribution in [0.3, 0.4) is 0 Å². The molecule has 0 aliphatic heterocycles. The van der Waals surface area contributed by atoms with Gasteiger partial charge in [-0.05, 0) is 24.1 Å². The van der Waals surface area contributed by atoms with E-state index in [0.29, 0.717) is 11.5 Å². The van der Waals surface area contributed by atoms with Crippen LogP contribution in [0, 0.1) is 0 Å². The Morgan fingerprint density at radius 2 is 1.76 bits per heavy atom. The van der Waals surface area contributed by atoms with E-state index in [-0.39, 0.29) is 0 Å². The van der Waals surface area contributed by atoms with Crippen LogP contribution >= 0.6 is 11.5 Å². The van der Waals surface area contributed by atoms with Gasteiger partial charge in [0, 0.05) is 29.8 Å². The van der Waals surface area contributed by atoms with Crippen molar-refractivity contribution in [3.63, 3.8) is 0 Å². The van der Waals surface area contributed by atoms with Gasteiger partial charge in [-0.15, -0.1) is 5.10 Å². The van der Waals surface area contributed by atoms with Crippen LogP contribution in [0.4, 0.5) is 10.7 Å². The first kappa shape index (κ1) is 17.2. The molecule has 0 amide bonds. The molecular weight excluding hydrogens is 334 g/mol. The second kappa shape index (κ2) is 7.98. The summed E-state index contributed by atoms with van der Waals surface area (Å²) in [5, 5.41) is 5.32. The number of aromatic nitrogens is 2. The highest BCUT2D eigenvalue weighted by Crippen LogP contribution is 2.37. The van der Waals surface area contributed by atoms with Crippen LogP contribution in [0.2, 0.25) is 0 Å². The number of nitrogens with zero attached hydrogens (tertiary/aromatic N) is 3. The number of ether oxygens (including phenoxy) is 2. The standard InChI is InChI=1S/C19H21N3O2S/c1-4-16-19(25-21-20-16)22(13-14-8-6-5-7-9-14)15-10-11-17(23-2)18(12-15)24-3/h5-12H,4,13H2,1-3H3. The molecule has 6 heteroatoms. The van der Waals surface area contributed by atoms with E-state index >= 15 is 0 Å². The number of rotatable bonds is 7. The minimum Gasteiger partial charge on any atom is -0.493 e. The van der Waals surface area contributed by atoms with Crippen molar-refractivity contribution in [2.24, 2.45) is 0 Å². The van der Waals surface area contributed by atoms with Gasteiger partial charge in [-0.3, -0.25) is 0 Å². The molecule has 130 valence electrons. The number of aryl methyl sites for hydroxylation is 1. The van der Waals surface area contributed by atoms with Gasteiger partial charge in [0.25, 0.3) is 0 Å². The predicted molar refractivity (Wildman–Crippen MR) is 101 cm³/mol. The molecule has 3 rings (SSSR count). The molecular formula is C19H21N3O2S. The molecule has 0 N–H and O–H groups in total. The largest absolute Gasteiger partial charge is 0.493 e. The maximum atomic E-state index is 5.47. The van der Waals surface area contributed by atoms with Crippen LogP contribution < -0.4 is 14.4 Å². The zero-order chi connectivity index (χ0) is 17.6. The molecule has 0 saturated carbocycles. The van der Waals surface area contributed by atoms with Crippen molar-refractivity contribution in [2.75, 3.05) is 19.1 Å². The van der Waals surface area contributed by atoms with Gasteiger partial charge < -0.3 is 14.4 Å². The lowest BCUT2D eigenvalue weighted by Gasteiger charge is -2.24. The zero-order valence-electron chi connectivity index (χ0n) is 14.6. The lowest BCUT2D eigenvalue weighted by molar-refractivity contribution is 0.355. The smallest absolute Gasteiger partial charge is 0.162 e. The minimum absolute atomic E-state index is 0.702. The first-order valence-corrected chi connectivity index (χ1v) is 8.88. The van der Waals surface area contributed by atoms with E-state index in [4.69, 9.17) is 9.47 Å². The number of anilines is 2. The summed E-state index contributed by atoms with van der Waals surface area (Å²) >= 11 is 1.41. The SMILES string of the molecule is CCc1nnsc1N(Cc1ccccc1)c1ccc(OC)c(OC)c1. The van der Waals surface area contributed by atoms with Gasteiger partial charge in [-0.1, -0.05) is 41.7 Å². The Morgan fingerprint density at radius 1 is 1.00 bits per heavy atom. The van der Waals surface area contributed by atoms with Gasteiger partial charge in [0.1, 0.15) is 5.00 Å². The van der Waals surface area contributed by atoms with Gasteiger partial charge in [0.15, 0.2) is 11.5 Å². The number of hydrogen-bond acceptors (Lipinski definition) is 6. The van der Waals surface area contributed by atoms with Crippen LogP contribution in [0.25, 0.3) is 0 Å². The summed E-state index contributed by atoms with van der Waals surface area (Å²) in [7, 11) is 3.29. The van der Waals surface area contributed by atoms with Crippen LogP contribution in [-0.2, 0) is 13.0 Å². The third kappa shape index (κ3) is 3.74. The van der Waals surface area contributed by atoms with Gasteiger partial charge in [-0.2, -0.15) is 0 Å². The fraction of sp³-hybridized carbons (Fsp3) is 0.263. The van der Waals surface area contributed by atoms with Crippen LogP contribution in [0.15, 0.2) is 48.5 Å². The molecule has 0 spiro atoms. The van der Waals surface area contributed by atoms with Crippen molar-refractivity contribution < 1.29 is 9.47 Å². The van der Waals surface area contributed by atoms with E-state index < -0.39 is 0 Å². The van der Waals surface area contributed by atoms with Crippen molar-refractivity contribution in [1.29, 1.82) is 0 Å². The molecule has 2 aromatic carbocycles. The fourth-order valence-corrected chi connectivity index (χ4v) is 3.45. The van der Waals surface area contributed by atoms with Crippen molar-refractivity contribution in [3.05, 3.63) is 59.8 Å². The molecule has 1 aromatic heterocycles. The highest BCUT2D eigenvalue weighted by Gasteiger charge is 2.19. The van der Waals surface area contributed by atoms with Gasteiger partial charge >= 0.3 is 0 Å². The lowest BCUT2D eigenvalue weighted by atomic mass is 10.2. The number of methoxy groups -OCH3 is 2. The minimum atomic E-state index is 0.702. The van der Waals surface area contributed by atoms with Crippen LogP contribution in [-0.4, -0.2) is 23.8 Å². The van der Waals surface area contributed by atoms with E-state index in [1.165, 1.54) is 17.1 Å². The highest BCUT2D eigenvalue weighted by atomic mass is 32.1. The summed E-state index contributed by atoms with van der Waals surface area (Å²) in [6.07, 6.45) is 0.838. The van der Waals surface area contributed by atoms with Crippen molar-refractivity contribution in [1.82, 2.24) is 9.59 Å². The first-order chi connectivity index (χ1) is 12.3. The molecule has 25 heavy (non-hydrogen) atoms. The molecule has 0 aliphatic rings. The average molecular weight is 355 g/mol. The third-order valence-corrected chi connectivity index (χ3v) is 4.77. The Balaban J connectivity index is 2.04. The van der Waals surface area contributed by atoms with Crippen LogP contribution in [0.1, 0.15) is 18.2 Å². The summed E-state index contributed by atoms with van der Waals surface area (Å²) in [6.45, 7) is 2.82. The van der Waals surface area contributed by atoms with E-state index in [2.05, 4.69) is 33.5 Å². The van der Waals surface area contributed by atoms with E-state index in [9.17, 15) is 0 Å². The lowest BCUT2D eigenvalue weighted by Crippen LogP contribution is -2.17. The molecule has 1 heterocycles. The molecule has 0 aliphatic carbocycles. The monoisotopic (exact) mass is 355 g/mol. The summed E-state index contributed by atoms with van der Waals surface area (Å²) in [5.41, 5.74) is 3.23. The molecule has 0 atom stereocenters. The Morgan fingerprint density at radius 3 is 2.44 bits per heavy atom. The molecule has 3 aromatic rings. The quantitative estimate of drug-likeness (QED) is 0.626. The normalized spacial score (nSPS) is 10.5. The van der Waals surface area contributed by atoms with E-state index in [1.54, 1.807) is 14.2 Å². The topological polar surface area (TPSA) is 47.5 Å². The van der Waals surface area contributed by atoms with Gasteiger partial charge in [-0.25, -0.2) is 0 Å².